The summed E-state index contributed by atoms with van der Waals surface area (Å²) in [6, 6.07) is 3.08. The number of carbonyl (C=O) groups excluding carboxylic acids is 1. The lowest BCUT2D eigenvalue weighted by atomic mass is 9.90. The molecule has 0 bridgehead atoms. The van der Waals surface area contributed by atoms with Gasteiger partial charge in [0.1, 0.15) is 10.2 Å². The van der Waals surface area contributed by atoms with Crippen molar-refractivity contribution in [1.82, 2.24) is 15.5 Å². The Hall–Kier alpha value is -1.90. The van der Waals surface area contributed by atoms with Crippen molar-refractivity contribution in [3.63, 3.8) is 0 Å². The summed E-state index contributed by atoms with van der Waals surface area (Å²) in [6.45, 7) is 5.44. The summed E-state index contributed by atoms with van der Waals surface area (Å²) in [5.74, 6) is 0.305. The molecule has 2 N–H and O–H groups in total. The van der Waals surface area contributed by atoms with Gasteiger partial charge in [-0.3, -0.25) is 4.90 Å². The molecular formula is C16H23BrN4O4. The number of carboxylic acid groups (broad SMARTS) is 1. The number of carbonyl (C=O) groups is 2. The van der Waals surface area contributed by atoms with Gasteiger partial charge in [0.05, 0.1) is 0 Å². The van der Waals surface area contributed by atoms with E-state index in [0.717, 1.165) is 0 Å². The molecule has 1 aliphatic rings. The first-order valence-electron chi connectivity index (χ1n) is 8.16. The Morgan fingerprint density at radius 2 is 1.88 bits per heavy atom. The number of nitrogens with one attached hydrogen (secondary N) is 1. The molecule has 1 fully saturated rings. The molecule has 0 aromatic carbocycles. The smallest absolute Gasteiger partial charge is 0.413 e. The van der Waals surface area contributed by atoms with Crippen molar-refractivity contribution in [2.75, 3.05) is 4.90 Å². The van der Waals surface area contributed by atoms with Gasteiger partial charge in [0.15, 0.2) is 5.82 Å². The Kier molecular flexibility index (Phi) is 6.21. The van der Waals surface area contributed by atoms with E-state index in [4.69, 9.17) is 4.74 Å². The molecule has 8 nitrogen and oxygen atoms in total. The van der Waals surface area contributed by atoms with Crippen molar-refractivity contribution >= 4 is 33.9 Å². The van der Waals surface area contributed by atoms with E-state index in [1.165, 1.54) is 4.90 Å². The molecule has 0 aliphatic heterocycles. The maximum atomic E-state index is 11.8. The van der Waals surface area contributed by atoms with Gasteiger partial charge >= 0.3 is 12.2 Å². The van der Waals surface area contributed by atoms with Gasteiger partial charge in [-0.2, -0.15) is 0 Å². The van der Waals surface area contributed by atoms with Crippen LogP contribution >= 0.6 is 15.9 Å². The van der Waals surface area contributed by atoms with Crippen LogP contribution in [0.4, 0.5) is 15.4 Å². The number of hydrogen-bond acceptors (Lipinski definition) is 5. The molecule has 1 heterocycles. The van der Waals surface area contributed by atoms with Gasteiger partial charge in [-0.25, -0.2) is 9.59 Å². The van der Waals surface area contributed by atoms with E-state index in [1.807, 2.05) is 20.8 Å². The second-order valence-corrected chi connectivity index (χ2v) is 7.83. The van der Waals surface area contributed by atoms with Crippen LogP contribution in [0.25, 0.3) is 0 Å². The predicted molar refractivity (Wildman–Crippen MR) is 95.6 cm³/mol. The molecule has 1 saturated carbocycles. The largest absolute Gasteiger partial charge is 0.465 e. The van der Waals surface area contributed by atoms with E-state index in [0.29, 0.717) is 36.1 Å². The van der Waals surface area contributed by atoms with Crippen LogP contribution in [0.3, 0.4) is 0 Å². The minimum absolute atomic E-state index is 0.0160. The molecule has 138 valence electrons. The molecule has 0 atom stereocenters. The number of nitrogens with zero attached hydrogens (tertiary/aromatic N) is 3. The van der Waals surface area contributed by atoms with Crippen molar-refractivity contribution in [2.45, 2.75) is 64.1 Å². The number of hydrogen-bond donors (Lipinski definition) is 2. The van der Waals surface area contributed by atoms with Crippen molar-refractivity contribution in [3.8, 4) is 0 Å². The molecule has 0 radical (unpaired) electrons. The lowest BCUT2D eigenvalue weighted by Gasteiger charge is -2.34. The van der Waals surface area contributed by atoms with Gasteiger partial charge in [0, 0.05) is 12.1 Å². The normalized spacial score (nSPS) is 20.6. The Morgan fingerprint density at radius 1 is 1.24 bits per heavy atom. The maximum Gasteiger partial charge on any atom is 0.413 e. The number of halogens is 1. The van der Waals surface area contributed by atoms with Crippen molar-refractivity contribution in [1.29, 1.82) is 0 Å². The van der Waals surface area contributed by atoms with E-state index in [-0.39, 0.29) is 12.1 Å². The Balaban J connectivity index is 1.94. The molecule has 1 aliphatic carbocycles. The third-order valence-corrected chi connectivity index (χ3v) is 4.28. The minimum atomic E-state index is -1.06. The van der Waals surface area contributed by atoms with E-state index in [2.05, 4.69) is 31.4 Å². The molecule has 25 heavy (non-hydrogen) atoms. The minimum Gasteiger partial charge on any atom is -0.465 e. The summed E-state index contributed by atoms with van der Waals surface area (Å²) in [6.07, 6.45) is 1.12. The lowest BCUT2D eigenvalue weighted by molar-refractivity contribution is 0.0490. The third kappa shape index (κ3) is 5.84. The van der Waals surface area contributed by atoms with Crippen LogP contribution in [0.2, 0.25) is 0 Å². The zero-order valence-corrected chi connectivity index (χ0v) is 16.1. The summed E-state index contributed by atoms with van der Waals surface area (Å²) < 4.78 is 5.80. The van der Waals surface area contributed by atoms with Crippen LogP contribution in [0.5, 0.6) is 0 Å². The zero-order chi connectivity index (χ0) is 18.6. The van der Waals surface area contributed by atoms with Gasteiger partial charge in [-0.1, -0.05) is 0 Å². The van der Waals surface area contributed by atoms with Crippen LogP contribution in [0, 0.1) is 0 Å². The molecule has 0 unspecified atom stereocenters. The lowest BCUT2D eigenvalue weighted by Crippen LogP contribution is -2.47. The zero-order valence-electron chi connectivity index (χ0n) is 14.5. The number of alkyl carbamates (subject to hydrolysis) is 1. The fourth-order valence-corrected chi connectivity index (χ4v) is 3.04. The van der Waals surface area contributed by atoms with Crippen molar-refractivity contribution < 1.29 is 19.4 Å². The van der Waals surface area contributed by atoms with E-state index in [9.17, 15) is 14.7 Å². The number of aromatic nitrogens is 2. The first kappa shape index (κ1) is 19.4. The molecular weight excluding hydrogens is 392 g/mol. The fourth-order valence-electron chi connectivity index (χ4n) is 2.83. The number of rotatable bonds is 3. The van der Waals surface area contributed by atoms with E-state index in [1.54, 1.807) is 12.1 Å². The van der Waals surface area contributed by atoms with Crippen LogP contribution < -0.4 is 10.2 Å². The quantitative estimate of drug-likeness (QED) is 0.782. The topological polar surface area (TPSA) is 105 Å². The highest BCUT2D eigenvalue weighted by Crippen LogP contribution is 2.27. The Labute approximate surface area is 155 Å². The SMILES string of the molecule is CC(C)(C)OC(=O)N[C@H]1CC[C@H](N(C(=O)O)c2ccc(Br)nn2)CC1. The highest BCUT2D eigenvalue weighted by molar-refractivity contribution is 9.10. The molecule has 0 saturated heterocycles. The third-order valence-electron chi connectivity index (χ3n) is 3.85. The highest BCUT2D eigenvalue weighted by Gasteiger charge is 2.32. The standard InChI is InChI=1S/C16H23BrN4O4/c1-16(2,3)25-14(22)18-10-4-6-11(7-5-10)21(15(23)24)13-9-8-12(17)19-20-13/h8-11H,4-7H2,1-3H3,(H,18,22)(H,23,24)/t10-,11-. The maximum absolute atomic E-state index is 11.8. The fraction of sp³-hybridized carbons (Fsp3) is 0.625. The molecule has 2 amide bonds. The average Bonchev–Trinajstić information content (AvgIpc) is 2.49. The predicted octanol–water partition coefficient (Wildman–Crippen LogP) is 3.56. The average molecular weight is 415 g/mol. The van der Waals surface area contributed by atoms with E-state index >= 15 is 0 Å². The first-order chi connectivity index (χ1) is 11.7. The van der Waals surface area contributed by atoms with Gasteiger partial charge in [0.25, 0.3) is 0 Å². The Bertz CT molecular complexity index is 610. The van der Waals surface area contributed by atoms with Gasteiger partial charge in [-0.05, 0) is 74.5 Å². The molecule has 1 aromatic heterocycles. The summed E-state index contributed by atoms with van der Waals surface area (Å²) in [5, 5.41) is 20.2. The van der Waals surface area contributed by atoms with Gasteiger partial charge in [0.2, 0.25) is 0 Å². The Morgan fingerprint density at radius 3 is 2.36 bits per heavy atom. The summed E-state index contributed by atoms with van der Waals surface area (Å²) in [7, 11) is 0. The number of anilines is 1. The second kappa shape index (κ2) is 7.99. The van der Waals surface area contributed by atoms with Crippen LogP contribution in [0.15, 0.2) is 16.7 Å². The molecule has 2 rings (SSSR count). The summed E-state index contributed by atoms with van der Waals surface area (Å²) in [5.41, 5.74) is -0.540. The summed E-state index contributed by atoms with van der Waals surface area (Å²) in [4.78, 5) is 24.8. The highest BCUT2D eigenvalue weighted by atomic mass is 79.9. The number of amides is 2. The van der Waals surface area contributed by atoms with Crippen molar-refractivity contribution in [2.24, 2.45) is 0 Å². The van der Waals surface area contributed by atoms with Crippen LogP contribution in [0.1, 0.15) is 46.5 Å². The van der Waals surface area contributed by atoms with Gasteiger partial charge < -0.3 is 15.2 Å². The second-order valence-electron chi connectivity index (χ2n) is 7.02. The number of ether oxygens (including phenoxy) is 1. The molecule has 0 spiro atoms. The van der Waals surface area contributed by atoms with Crippen LogP contribution in [-0.4, -0.2) is 45.2 Å². The van der Waals surface area contributed by atoms with Crippen LogP contribution in [-0.2, 0) is 4.74 Å². The van der Waals surface area contributed by atoms with Gasteiger partial charge in [-0.15, -0.1) is 10.2 Å². The first-order valence-corrected chi connectivity index (χ1v) is 8.96. The molecule has 9 heteroatoms. The summed E-state index contributed by atoms with van der Waals surface area (Å²) >= 11 is 3.19. The molecule has 1 aromatic rings. The van der Waals surface area contributed by atoms with E-state index < -0.39 is 17.8 Å². The van der Waals surface area contributed by atoms with Crippen molar-refractivity contribution in [3.05, 3.63) is 16.7 Å². The monoisotopic (exact) mass is 414 g/mol.